The Bertz CT molecular complexity index is 938. The Hall–Kier alpha value is -1.58. The molecule has 2 heterocycles. The summed E-state index contributed by atoms with van der Waals surface area (Å²) in [7, 11) is -4.21. The first kappa shape index (κ1) is 33.6. The smallest absolute Gasteiger partial charge is 0.350 e. The van der Waals surface area contributed by atoms with E-state index in [2.05, 4.69) is 32.2 Å². The maximum absolute atomic E-state index is 11.0. The summed E-state index contributed by atoms with van der Waals surface area (Å²) < 4.78 is 22.1. The number of ether oxygens (including phenoxy) is 2. The van der Waals surface area contributed by atoms with Crippen molar-refractivity contribution in [3.63, 3.8) is 0 Å². The lowest BCUT2D eigenvalue weighted by Crippen LogP contribution is -2.16. The second-order valence-corrected chi connectivity index (χ2v) is 12.1. The van der Waals surface area contributed by atoms with E-state index in [0.717, 1.165) is 25.0 Å². The van der Waals surface area contributed by atoms with Crippen molar-refractivity contribution >= 4 is 24.6 Å². The predicted molar refractivity (Wildman–Crippen MR) is 157 cm³/mol. The molecule has 0 aliphatic heterocycles. The molecule has 0 spiro atoms. The zero-order valence-corrected chi connectivity index (χ0v) is 25.1. The molecule has 0 aliphatic rings. The fourth-order valence-electron chi connectivity index (χ4n) is 4.52. The molecule has 0 aliphatic carbocycles. The molecule has 0 aromatic carbocycles. The molecule has 0 saturated carbocycles. The van der Waals surface area contributed by atoms with Crippen LogP contribution >= 0.6 is 7.60 Å². The van der Waals surface area contributed by atoms with Crippen molar-refractivity contribution in [2.24, 2.45) is 0 Å². The minimum Gasteiger partial charge on any atom is -0.381 e. The molecule has 0 fully saturated rings. The van der Waals surface area contributed by atoms with Gasteiger partial charge < -0.3 is 29.6 Å². The molecule has 39 heavy (non-hydrogen) atoms. The van der Waals surface area contributed by atoms with Crippen LogP contribution in [0.5, 0.6) is 0 Å². The topological polar surface area (TPSA) is 142 Å². The Morgan fingerprint density at radius 3 is 2.10 bits per heavy atom. The number of imidazole rings is 1. The summed E-state index contributed by atoms with van der Waals surface area (Å²) in [5, 5.41) is 3.33. The fourth-order valence-corrected chi connectivity index (χ4v) is 4.97. The van der Waals surface area contributed by atoms with E-state index >= 15 is 0 Å². The summed E-state index contributed by atoms with van der Waals surface area (Å²) in [6.07, 6.45) is 20.7. The van der Waals surface area contributed by atoms with Crippen LogP contribution in [0.2, 0.25) is 0 Å². The number of fused-ring (bicyclic) bond motifs is 1. The van der Waals surface area contributed by atoms with Gasteiger partial charge in [0.25, 0.3) is 0 Å². The number of nitrogens with one attached hydrogen (secondary N) is 2. The summed E-state index contributed by atoms with van der Waals surface area (Å²) in [5.74, 6) is 1.16. The molecule has 10 nitrogen and oxygen atoms in total. The van der Waals surface area contributed by atoms with Crippen molar-refractivity contribution in [1.29, 1.82) is 0 Å². The van der Waals surface area contributed by atoms with E-state index in [1.165, 1.54) is 83.5 Å². The van der Waals surface area contributed by atoms with E-state index in [-0.39, 0.29) is 0 Å². The zero-order valence-electron chi connectivity index (χ0n) is 24.2. The van der Waals surface area contributed by atoms with Crippen molar-refractivity contribution in [2.45, 2.75) is 123 Å². The molecule has 4 N–H and O–H groups in total. The lowest BCUT2D eigenvalue weighted by molar-refractivity contribution is 0.0873. The Kier molecular flexibility index (Phi) is 17.5. The third-order valence-corrected chi connectivity index (χ3v) is 7.21. The molecular weight excluding hydrogens is 517 g/mol. The van der Waals surface area contributed by atoms with Crippen molar-refractivity contribution in [3.05, 3.63) is 12.2 Å². The molecule has 2 aromatic heterocycles. The largest absolute Gasteiger partial charge is 0.381 e. The second-order valence-electron chi connectivity index (χ2n) is 10.6. The van der Waals surface area contributed by atoms with E-state index in [4.69, 9.17) is 19.3 Å². The molecular formula is C28H52N5O5P. The first-order chi connectivity index (χ1) is 18.9. The highest BCUT2D eigenvalue weighted by Gasteiger charge is 2.17. The van der Waals surface area contributed by atoms with Gasteiger partial charge in [-0.05, 0) is 19.8 Å². The van der Waals surface area contributed by atoms with Crippen LogP contribution in [0.25, 0.3) is 11.2 Å². The minimum atomic E-state index is -4.21. The summed E-state index contributed by atoms with van der Waals surface area (Å²) in [6, 6.07) is 0. The Balaban J connectivity index is 1.49. The van der Waals surface area contributed by atoms with E-state index in [9.17, 15) is 4.57 Å². The van der Waals surface area contributed by atoms with Crippen LogP contribution in [0, 0.1) is 0 Å². The third kappa shape index (κ3) is 16.3. The minimum absolute atomic E-state index is 0.319. The van der Waals surface area contributed by atoms with Crippen LogP contribution in [-0.2, 0) is 20.5 Å². The van der Waals surface area contributed by atoms with Crippen molar-refractivity contribution in [2.75, 3.05) is 31.4 Å². The van der Waals surface area contributed by atoms with Crippen LogP contribution in [0.4, 0.5) is 5.82 Å². The first-order valence-corrected chi connectivity index (χ1v) is 16.9. The molecule has 11 heteroatoms. The Morgan fingerprint density at radius 2 is 1.49 bits per heavy atom. The van der Waals surface area contributed by atoms with Crippen molar-refractivity contribution in [1.82, 2.24) is 19.9 Å². The molecule has 224 valence electrons. The standard InChI is InChI=1S/C28H52N5O5P/c1-3-4-5-6-7-8-9-10-11-12-13-14-15-16-19-37-20-17-18-29-27-26-28(31-22-30-26)33-25(32-27)21-24(2)38-23-39(34,35)36/h22,24H,3-21,23H2,1-2H3,(H2,34,35,36)(H2,29,30,31,32,33)/t24-/m1/s1. The van der Waals surface area contributed by atoms with Crippen LogP contribution in [0.15, 0.2) is 6.33 Å². The van der Waals surface area contributed by atoms with E-state index in [1.807, 2.05) is 0 Å². The lowest BCUT2D eigenvalue weighted by atomic mass is 10.0. The third-order valence-electron chi connectivity index (χ3n) is 6.73. The normalized spacial score (nSPS) is 12.8. The van der Waals surface area contributed by atoms with Gasteiger partial charge in [-0.3, -0.25) is 4.57 Å². The van der Waals surface area contributed by atoms with E-state index < -0.39 is 20.0 Å². The number of H-pyrrole nitrogens is 1. The maximum Gasteiger partial charge on any atom is 0.350 e. The molecule has 0 bridgehead atoms. The molecule has 0 amide bonds. The highest BCUT2D eigenvalue weighted by molar-refractivity contribution is 7.51. The highest BCUT2D eigenvalue weighted by atomic mass is 31.2. The van der Waals surface area contributed by atoms with E-state index in [0.29, 0.717) is 36.9 Å². The van der Waals surface area contributed by atoms with E-state index in [1.54, 1.807) is 13.3 Å². The molecule has 0 radical (unpaired) electrons. The van der Waals surface area contributed by atoms with Gasteiger partial charge in [-0.2, -0.15) is 0 Å². The van der Waals surface area contributed by atoms with Gasteiger partial charge in [0, 0.05) is 26.2 Å². The molecule has 0 saturated heterocycles. The number of hydrogen-bond donors (Lipinski definition) is 4. The number of aromatic nitrogens is 4. The van der Waals surface area contributed by atoms with Crippen LogP contribution in [0.1, 0.15) is 116 Å². The van der Waals surface area contributed by atoms with Gasteiger partial charge >= 0.3 is 7.60 Å². The van der Waals surface area contributed by atoms with Crippen molar-refractivity contribution in [3.8, 4) is 0 Å². The van der Waals surface area contributed by atoms with Gasteiger partial charge in [-0.25, -0.2) is 15.0 Å². The fraction of sp³-hybridized carbons (Fsp3) is 0.821. The summed E-state index contributed by atoms with van der Waals surface area (Å²) in [4.78, 5) is 34.3. The lowest BCUT2D eigenvalue weighted by Gasteiger charge is -2.14. The SMILES string of the molecule is CCCCCCCCCCCCCCCCOCCCNc1nc(C[C@@H](C)OCP(=O)(O)O)nc2nc[nH]c12. The monoisotopic (exact) mass is 569 g/mol. The summed E-state index contributed by atoms with van der Waals surface area (Å²) in [5.41, 5.74) is 1.27. The number of hydrogen-bond acceptors (Lipinski definition) is 7. The van der Waals surface area contributed by atoms with Gasteiger partial charge in [0.1, 0.15) is 17.7 Å². The number of aromatic amines is 1. The van der Waals surface area contributed by atoms with Crippen LogP contribution in [0.3, 0.4) is 0 Å². The number of nitrogens with zero attached hydrogens (tertiary/aromatic N) is 3. The average Bonchev–Trinajstić information content (AvgIpc) is 3.37. The first-order valence-electron chi connectivity index (χ1n) is 15.1. The van der Waals surface area contributed by atoms with Gasteiger partial charge in [-0.1, -0.05) is 90.4 Å². The molecule has 1 atom stereocenters. The predicted octanol–water partition coefficient (Wildman–Crippen LogP) is 6.74. The zero-order chi connectivity index (χ0) is 28.2. The Labute approximate surface area is 234 Å². The maximum atomic E-state index is 11.0. The highest BCUT2D eigenvalue weighted by Crippen LogP contribution is 2.34. The summed E-state index contributed by atoms with van der Waals surface area (Å²) >= 11 is 0. The Morgan fingerprint density at radius 1 is 0.897 bits per heavy atom. The molecule has 2 rings (SSSR count). The molecule has 0 unspecified atom stereocenters. The van der Waals surface area contributed by atoms with Gasteiger partial charge in [0.15, 0.2) is 11.5 Å². The number of anilines is 1. The number of rotatable bonds is 25. The quantitative estimate of drug-likeness (QED) is 0.0755. The number of unbranched alkanes of at least 4 members (excludes halogenated alkanes) is 13. The van der Waals surface area contributed by atoms with Crippen molar-refractivity contribution < 1.29 is 23.8 Å². The summed E-state index contributed by atoms with van der Waals surface area (Å²) in [6.45, 7) is 6.22. The second kappa shape index (κ2) is 20.3. The van der Waals surface area contributed by atoms with Crippen LogP contribution in [-0.4, -0.2) is 61.9 Å². The van der Waals surface area contributed by atoms with Gasteiger partial charge in [-0.15, -0.1) is 0 Å². The van der Waals surface area contributed by atoms with Crippen LogP contribution < -0.4 is 5.32 Å². The molecule has 2 aromatic rings. The average molecular weight is 570 g/mol. The van der Waals surface area contributed by atoms with Gasteiger partial charge in [0.2, 0.25) is 0 Å². The van der Waals surface area contributed by atoms with Gasteiger partial charge in [0.05, 0.1) is 12.4 Å².